The van der Waals surface area contributed by atoms with Gasteiger partial charge in [-0.15, -0.1) is 0 Å². The van der Waals surface area contributed by atoms with E-state index in [1.54, 1.807) is 0 Å². The van der Waals surface area contributed by atoms with Gasteiger partial charge in [-0.2, -0.15) is 0 Å². The lowest BCUT2D eigenvalue weighted by Crippen LogP contribution is -2.54. The number of alkyl carbamates (subject to hydrolysis) is 1. The summed E-state index contributed by atoms with van der Waals surface area (Å²) in [7, 11) is 0. The Kier molecular flexibility index (Phi) is 8.03. The number of hydrogen-bond acceptors (Lipinski definition) is 5. The Bertz CT molecular complexity index is 846. The van der Waals surface area contributed by atoms with E-state index in [9.17, 15) is 14.7 Å². The van der Waals surface area contributed by atoms with Gasteiger partial charge >= 0.3 is 6.09 Å². The molecule has 0 bridgehead atoms. The van der Waals surface area contributed by atoms with Gasteiger partial charge in [0.05, 0.1) is 6.04 Å². The molecular formula is C24H30N2O5. The monoisotopic (exact) mass is 426 g/mol. The number of aliphatic hydroxyl groups is 1. The van der Waals surface area contributed by atoms with E-state index >= 15 is 0 Å². The maximum atomic E-state index is 13.4. The molecule has 0 saturated carbocycles. The summed E-state index contributed by atoms with van der Waals surface area (Å²) in [6, 6.07) is 17.7. The minimum atomic E-state index is -1.08. The Morgan fingerprint density at radius 2 is 1.74 bits per heavy atom. The number of nitrogens with zero attached hydrogens (tertiary/aromatic N) is 1. The van der Waals surface area contributed by atoms with Crippen LogP contribution in [0.5, 0.6) is 0 Å². The first-order chi connectivity index (χ1) is 15.0. The molecular weight excluding hydrogens is 396 g/mol. The molecule has 0 spiro atoms. The Labute approximate surface area is 183 Å². The fourth-order valence-corrected chi connectivity index (χ4v) is 3.56. The SMILES string of the molecule is CCC(C)C(NC(=O)OCc1ccccc1)C(=O)N1COC(O)C1Cc1ccccc1. The van der Waals surface area contributed by atoms with E-state index in [-0.39, 0.29) is 25.2 Å². The van der Waals surface area contributed by atoms with Gasteiger partial charge in [-0.1, -0.05) is 80.9 Å². The quantitative estimate of drug-likeness (QED) is 0.677. The molecule has 0 aromatic heterocycles. The lowest BCUT2D eigenvalue weighted by atomic mass is 9.96. The number of hydrogen-bond donors (Lipinski definition) is 2. The Hall–Kier alpha value is -2.90. The fraction of sp³-hybridized carbons (Fsp3) is 0.417. The summed E-state index contributed by atoms with van der Waals surface area (Å²) in [5, 5.41) is 13.0. The summed E-state index contributed by atoms with van der Waals surface area (Å²) in [6.45, 7) is 3.96. The molecule has 0 aliphatic carbocycles. The van der Waals surface area contributed by atoms with Gasteiger partial charge in [-0.05, 0) is 23.5 Å². The van der Waals surface area contributed by atoms with E-state index in [4.69, 9.17) is 9.47 Å². The van der Waals surface area contributed by atoms with Crippen LogP contribution in [0.4, 0.5) is 4.79 Å². The van der Waals surface area contributed by atoms with Crippen LogP contribution < -0.4 is 5.32 Å². The van der Waals surface area contributed by atoms with Crippen molar-refractivity contribution in [1.29, 1.82) is 0 Å². The van der Waals surface area contributed by atoms with Crippen molar-refractivity contribution in [2.45, 2.75) is 51.7 Å². The summed E-state index contributed by atoms with van der Waals surface area (Å²) < 4.78 is 10.7. The molecule has 166 valence electrons. The van der Waals surface area contributed by atoms with Crippen molar-refractivity contribution in [3.05, 3.63) is 71.8 Å². The van der Waals surface area contributed by atoms with Gasteiger partial charge in [0.15, 0.2) is 6.29 Å². The third kappa shape index (κ3) is 6.06. The number of rotatable bonds is 8. The Morgan fingerprint density at radius 3 is 2.35 bits per heavy atom. The third-order valence-corrected chi connectivity index (χ3v) is 5.65. The maximum Gasteiger partial charge on any atom is 0.408 e. The number of ether oxygens (including phenoxy) is 2. The summed E-state index contributed by atoms with van der Waals surface area (Å²) in [5.41, 5.74) is 1.85. The zero-order valence-corrected chi connectivity index (χ0v) is 17.9. The first kappa shape index (κ1) is 22.8. The molecule has 2 N–H and O–H groups in total. The Balaban J connectivity index is 1.67. The third-order valence-electron chi connectivity index (χ3n) is 5.65. The lowest BCUT2D eigenvalue weighted by molar-refractivity contribution is -0.136. The van der Waals surface area contributed by atoms with Crippen LogP contribution in [0.15, 0.2) is 60.7 Å². The highest BCUT2D eigenvalue weighted by molar-refractivity contribution is 5.86. The van der Waals surface area contributed by atoms with Gasteiger partial charge < -0.3 is 24.8 Å². The van der Waals surface area contributed by atoms with Crippen molar-refractivity contribution in [2.75, 3.05) is 6.73 Å². The van der Waals surface area contributed by atoms with Crippen molar-refractivity contribution in [1.82, 2.24) is 10.2 Å². The van der Waals surface area contributed by atoms with E-state index in [0.29, 0.717) is 12.8 Å². The van der Waals surface area contributed by atoms with Gasteiger partial charge in [0, 0.05) is 0 Å². The summed E-state index contributed by atoms with van der Waals surface area (Å²) >= 11 is 0. The van der Waals surface area contributed by atoms with Crippen molar-refractivity contribution in [3.63, 3.8) is 0 Å². The molecule has 1 fully saturated rings. The zero-order valence-electron chi connectivity index (χ0n) is 17.9. The molecule has 3 rings (SSSR count). The van der Waals surface area contributed by atoms with Crippen molar-refractivity contribution >= 4 is 12.0 Å². The molecule has 1 saturated heterocycles. The molecule has 1 aliphatic rings. The average Bonchev–Trinajstić information content (AvgIpc) is 3.16. The van der Waals surface area contributed by atoms with E-state index in [2.05, 4.69) is 5.32 Å². The van der Waals surface area contributed by atoms with Crippen LogP contribution in [0.2, 0.25) is 0 Å². The minimum Gasteiger partial charge on any atom is -0.445 e. The molecule has 0 radical (unpaired) electrons. The standard InChI is InChI=1S/C24H30N2O5/c1-3-17(2)21(25-24(29)30-15-19-12-8-5-9-13-19)22(27)26-16-31-23(28)20(26)14-18-10-6-4-7-11-18/h4-13,17,20-21,23,28H,3,14-16H2,1-2H3,(H,25,29). The molecule has 4 atom stereocenters. The number of carbonyl (C=O) groups is 2. The number of benzene rings is 2. The molecule has 2 aromatic carbocycles. The maximum absolute atomic E-state index is 13.4. The van der Waals surface area contributed by atoms with Crippen molar-refractivity contribution in [2.24, 2.45) is 5.92 Å². The summed E-state index contributed by atoms with van der Waals surface area (Å²) in [6.07, 6.45) is -0.579. The first-order valence-corrected chi connectivity index (χ1v) is 10.6. The van der Waals surface area contributed by atoms with Gasteiger partial charge in [0.25, 0.3) is 0 Å². The second-order valence-electron chi connectivity index (χ2n) is 7.82. The first-order valence-electron chi connectivity index (χ1n) is 10.6. The van der Waals surface area contributed by atoms with E-state index < -0.39 is 24.5 Å². The minimum absolute atomic E-state index is 0.0226. The van der Waals surface area contributed by atoms with Crippen LogP contribution in [0.1, 0.15) is 31.4 Å². The van der Waals surface area contributed by atoms with Gasteiger partial charge in [0.1, 0.15) is 19.4 Å². The summed E-state index contributed by atoms with van der Waals surface area (Å²) in [5.74, 6) is -0.407. The topological polar surface area (TPSA) is 88.1 Å². The van der Waals surface area contributed by atoms with Crippen LogP contribution >= 0.6 is 0 Å². The molecule has 2 amide bonds. The highest BCUT2D eigenvalue weighted by Gasteiger charge is 2.41. The fourth-order valence-electron chi connectivity index (χ4n) is 3.56. The largest absolute Gasteiger partial charge is 0.445 e. The van der Waals surface area contributed by atoms with Crippen LogP contribution in [0, 0.1) is 5.92 Å². The number of aliphatic hydroxyl groups excluding tert-OH is 1. The van der Waals surface area contributed by atoms with Crippen LogP contribution in [-0.2, 0) is 27.3 Å². The smallest absolute Gasteiger partial charge is 0.408 e. The molecule has 2 aromatic rings. The highest BCUT2D eigenvalue weighted by atomic mass is 16.6. The normalized spacial score (nSPS) is 20.2. The molecule has 7 nitrogen and oxygen atoms in total. The molecule has 4 unspecified atom stereocenters. The van der Waals surface area contributed by atoms with Crippen molar-refractivity contribution < 1.29 is 24.2 Å². The highest BCUT2D eigenvalue weighted by Crippen LogP contribution is 2.23. The van der Waals surface area contributed by atoms with Crippen molar-refractivity contribution in [3.8, 4) is 0 Å². The van der Waals surface area contributed by atoms with E-state index in [1.807, 2.05) is 74.5 Å². The predicted octanol–water partition coefficient (Wildman–Crippen LogP) is 3.07. The average molecular weight is 427 g/mol. The van der Waals surface area contributed by atoms with Crippen LogP contribution in [0.3, 0.4) is 0 Å². The second kappa shape index (κ2) is 10.9. The second-order valence-corrected chi connectivity index (χ2v) is 7.82. The van der Waals surface area contributed by atoms with Crippen LogP contribution in [0.25, 0.3) is 0 Å². The van der Waals surface area contributed by atoms with Gasteiger partial charge in [0.2, 0.25) is 5.91 Å². The molecule has 1 aliphatic heterocycles. The zero-order chi connectivity index (χ0) is 22.2. The number of amides is 2. The molecule has 31 heavy (non-hydrogen) atoms. The molecule has 7 heteroatoms. The summed E-state index contributed by atoms with van der Waals surface area (Å²) in [4.78, 5) is 27.3. The van der Waals surface area contributed by atoms with Gasteiger partial charge in [-0.3, -0.25) is 4.79 Å². The van der Waals surface area contributed by atoms with E-state index in [0.717, 1.165) is 11.1 Å². The lowest BCUT2D eigenvalue weighted by Gasteiger charge is -2.30. The van der Waals surface area contributed by atoms with E-state index in [1.165, 1.54) is 4.90 Å². The number of nitrogens with one attached hydrogen (secondary N) is 1. The molecule has 1 heterocycles. The number of carbonyl (C=O) groups excluding carboxylic acids is 2. The Morgan fingerprint density at radius 1 is 1.13 bits per heavy atom. The van der Waals surface area contributed by atoms with Crippen LogP contribution in [-0.4, -0.2) is 47.1 Å². The van der Waals surface area contributed by atoms with Gasteiger partial charge in [-0.25, -0.2) is 4.79 Å². The predicted molar refractivity (Wildman–Crippen MR) is 116 cm³/mol.